The van der Waals surface area contributed by atoms with Gasteiger partial charge in [-0.05, 0) is 38.8 Å². The summed E-state index contributed by atoms with van der Waals surface area (Å²) >= 11 is 0. The van der Waals surface area contributed by atoms with E-state index in [4.69, 9.17) is 0 Å². The number of allylic oxidation sites excluding steroid dienone is 4. The fourth-order valence-electron chi connectivity index (χ4n) is 1.41. The molecule has 0 aromatic heterocycles. The van der Waals surface area contributed by atoms with Crippen LogP contribution in [-0.4, -0.2) is 13.5 Å². The molecule has 0 amide bonds. The van der Waals surface area contributed by atoms with E-state index >= 15 is 0 Å². The minimum absolute atomic E-state index is 0.843. The van der Waals surface area contributed by atoms with E-state index in [9.17, 15) is 0 Å². The molecule has 1 radical (unpaired) electrons. The highest BCUT2D eigenvalue weighted by Gasteiger charge is 2.19. The van der Waals surface area contributed by atoms with Crippen LogP contribution in [0.3, 0.4) is 0 Å². The molecular weight excluding hydrogens is 227 g/mol. The van der Waals surface area contributed by atoms with Crippen molar-refractivity contribution in [3.05, 3.63) is 28.2 Å². The van der Waals surface area contributed by atoms with Gasteiger partial charge in [0.1, 0.15) is 0 Å². The predicted molar refractivity (Wildman–Crippen MR) is 83.4 cm³/mol. The van der Waals surface area contributed by atoms with Crippen molar-refractivity contribution in [3.63, 3.8) is 0 Å². The van der Waals surface area contributed by atoms with Gasteiger partial charge in [0.25, 0.3) is 0 Å². The van der Waals surface area contributed by atoms with Gasteiger partial charge < -0.3 is 0 Å². The van der Waals surface area contributed by atoms with Gasteiger partial charge in [-0.25, -0.2) is 0 Å². The summed E-state index contributed by atoms with van der Waals surface area (Å²) in [5, 5.41) is 0. The highest BCUT2D eigenvalue weighted by Crippen LogP contribution is 2.37. The fourth-order valence-corrected chi connectivity index (χ4v) is 1.41. The lowest BCUT2D eigenvalue weighted by Gasteiger charge is -2.04. The van der Waals surface area contributed by atoms with Crippen LogP contribution in [0.5, 0.6) is 0 Å². The van der Waals surface area contributed by atoms with Gasteiger partial charge in [-0.3, -0.25) is 0 Å². The number of rotatable bonds is 1. The van der Waals surface area contributed by atoms with E-state index in [1.807, 2.05) is 0 Å². The normalized spacial score (nSPS) is 17.5. The standard InChI is InChI=1S/C10H15.C4H11PSi/c1-6-7(2)9(4)10(5)8(6)3;1-6(2,3)4-5/h1-5H3;4-5H,1-3H3. The summed E-state index contributed by atoms with van der Waals surface area (Å²) in [6, 6.07) is 0. The van der Waals surface area contributed by atoms with Gasteiger partial charge in [0, 0.05) is 5.92 Å². The summed E-state index contributed by atoms with van der Waals surface area (Å²) in [4.78, 5) is 0. The molecule has 0 aromatic rings. The zero-order valence-corrected chi connectivity index (χ0v) is 14.1. The lowest BCUT2D eigenvalue weighted by molar-refractivity contribution is 1.14. The first-order chi connectivity index (χ1) is 7.11. The molecule has 0 saturated carbocycles. The first-order valence-electron chi connectivity index (χ1n) is 5.83. The van der Waals surface area contributed by atoms with Crippen LogP contribution >= 0.6 is 8.86 Å². The van der Waals surface area contributed by atoms with Gasteiger partial charge >= 0.3 is 0 Å². The Kier molecular flexibility index (Phi) is 5.93. The minimum Gasteiger partial charge on any atom is -0.131 e. The van der Waals surface area contributed by atoms with Crippen LogP contribution in [0.2, 0.25) is 19.6 Å². The predicted octanol–water partition coefficient (Wildman–Crippen LogP) is 5.08. The van der Waals surface area contributed by atoms with Crippen molar-refractivity contribution >= 4 is 22.4 Å². The van der Waals surface area contributed by atoms with Gasteiger partial charge in [-0.15, -0.1) is 8.86 Å². The zero-order chi connectivity index (χ0) is 13.1. The molecule has 1 aliphatic carbocycles. The number of hydrogen-bond acceptors (Lipinski definition) is 0. The maximum atomic E-state index is 3.35. The Balaban J connectivity index is 0.000000325. The van der Waals surface area contributed by atoms with Crippen LogP contribution in [0.4, 0.5) is 0 Å². The summed E-state index contributed by atoms with van der Waals surface area (Å²) in [5.74, 6) is 1.47. The van der Waals surface area contributed by atoms with E-state index < -0.39 is 8.07 Å². The Bertz CT molecular complexity index is 305. The smallest absolute Gasteiger partial charge is 0.0734 e. The molecule has 0 saturated heterocycles. The maximum Gasteiger partial charge on any atom is 0.0734 e. The van der Waals surface area contributed by atoms with E-state index in [1.54, 1.807) is 0 Å². The van der Waals surface area contributed by atoms with Crippen LogP contribution in [0.15, 0.2) is 22.3 Å². The molecule has 1 rings (SSSR count). The quantitative estimate of drug-likeness (QED) is 0.452. The molecule has 0 aliphatic heterocycles. The topological polar surface area (TPSA) is 0 Å². The first-order valence-corrected chi connectivity index (χ1v) is 9.98. The third-order valence-electron chi connectivity index (χ3n) is 3.25. The van der Waals surface area contributed by atoms with Crippen molar-refractivity contribution in [3.8, 4) is 0 Å². The molecule has 0 fully saturated rings. The SMILES string of the molecule is C[C]1C(C)=C(C)C(C)=C1C.C[Si](C)(C)C=P. The van der Waals surface area contributed by atoms with Gasteiger partial charge in [0.05, 0.1) is 8.07 Å². The molecule has 0 aromatic carbocycles. The Morgan fingerprint density at radius 3 is 1.06 bits per heavy atom. The molecule has 91 valence electrons. The van der Waals surface area contributed by atoms with Gasteiger partial charge in [-0.2, -0.15) is 0 Å². The summed E-state index contributed by atoms with van der Waals surface area (Å²) < 4.78 is 0. The molecule has 0 N–H and O–H groups in total. The van der Waals surface area contributed by atoms with Crippen molar-refractivity contribution < 1.29 is 0 Å². The lowest BCUT2D eigenvalue weighted by Crippen LogP contribution is -2.19. The van der Waals surface area contributed by atoms with Gasteiger partial charge in [-0.1, -0.05) is 43.1 Å². The minimum atomic E-state index is -0.843. The van der Waals surface area contributed by atoms with E-state index in [0.29, 0.717) is 0 Å². The molecule has 0 nitrogen and oxygen atoms in total. The fraction of sp³-hybridized carbons (Fsp3) is 0.571. The highest BCUT2D eigenvalue weighted by atomic mass is 31.0. The monoisotopic (exact) mass is 253 g/mol. The van der Waals surface area contributed by atoms with Gasteiger partial charge in [0.15, 0.2) is 0 Å². The third-order valence-corrected chi connectivity index (χ3v) is 6.71. The molecule has 1 aliphatic rings. The summed E-state index contributed by atoms with van der Waals surface area (Å²) in [5.41, 5.74) is 8.00. The zero-order valence-electron chi connectivity index (χ0n) is 12.1. The van der Waals surface area contributed by atoms with Crippen LogP contribution in [0.25, 0.3) is 0 Å². The molecule has 0 unspecified atom stereocenters. The van der Waals surface area contributed by atoms with E-state index in [-0.39, 0.29) is 0 Å². The average molecular weight is 253 g/mol. The Morgan fingerprint density at radius 2 is 1.00 bits per heavy atom. The van der Waals surface area contributed by atoms with E-state index in [2.05, 4.69) is 68.5 Å². The largest absolute Gasteiger partial charge is 0.131 e. The van der Waals surface area contributed by atoms with Crippen molar-refractivity contribution in [1.82, 2.24) is 0 Å². The van der Waals surface area contributed by atoms with Crippen LogP contribution < -0.4 is 0 Å². The maximum absolute atomic E-state index is 3.35. The second kappa shape index (κ2) is 5.98. The second-order valence-corrected chi connectivity index (χ2v) is 11.5. The summed E-state index contributed by atoms with van der Waals surface area (Å²) in [6.07, 6.45) is 0. The van der Waals surface area contributed by atoms with Crippen molar-refractivity contribution in [2.45, 2.75) is 54.3 Å². The average Bonchev–Trinajstić information content (AvgIpc) is 2.37. The Hall–Kier alpha value is -0.133. The van der Waals surface area contributed by atoms with Crippen molar-refractivity contribution in [2.24, 2.45) is 0 Å². The van der Waals surface area contributed by atoms with Gasteiger partial charge in [0.2, 0.25) is 0 Å². The van der Waals surface area contributed by atoms with Crippen molar-refractivity contribution in [1.29, 1.82) is 0 Å². The molecule has 0 spiro atoms. The molecular formula is C14H26PSi. The molecule has 2 heteroatoms. The lowest BCUT2D eigenvalue weighted by atomic mass is 10.00. The third kappa shape index (κ3) is 4.39. The van der Waals surface area contributed by atoms with Crippen LogP contribution in [0, 0.1) is 5.92 Å². The Morgan fingerprint density at radius 1 is 0.750 bits per heavy atom. The first kappa shape index (κ1) is 15.9. The molecule has 0 bridgehead atoms. The summed E-state index contributed by atoms with van der Waals surface area (Å²) in [6.45, 7) is 17.8. The Labute approximate surface area is 105 Å². The summed E-state index contributed by atoms with van der Waals surface area (Å²) in [7, 11) is 2.51. The van der Waals surface area contributed by atoms with E-state index in [0.717, 1.165) is 0 Å². The van der Waals surface area contributed by atoms with Crippen molar-refractivity contribution in [2.75, 3.05) is 0 Å². The molecule has 0 heterocycles. The van der Waals surface area contributed by atoms with Crippen LogP contribution in [0.1, 0.15) is 34.6 Å². The highest BCUT2D eigenvalue weighted by molar-refractivity contribution is 7.33. The molecule has 16 heavy (non-hydrogen) atoms. The second-order valence-electron chi connectivity index (χ2n) is 5.64. The molecule has 0 atom stereocenters. The van der Waals surface area contributed by atoms with E-state index in [1.165, 1.54) is 28.2 Å². The number of hydrogen-bond donors (Lipinski definition) is 0. The van der Waals surface area contributed by atoms with Crippen LogP contribution in [-0.2, 0) is 0 Å².